The molecule has 0 saturated carbocycles. The van der Waals surface area contributed by atoms with Crippen molar-refractivity contribution < 1.29 is 18.5 Å². The second-order valence-corrected chi connectivity index (χ2v) is 18.1. The zero-order chi connectivity index (χ0) is 21.2. The van der Waals surface area contributed by atoms with Gasteiger partial charge in [0.1, 0.15) is 0 Å². The fourth-order valence-corrected chi connectivity index (χ4v) is 3.14. The Kier molecular flexibility index (Phi) is 10.6. The average molecular weight is 595 g/mol. The zero-order valence-corrected chi connectivity index (χ0v) is 22.8. The molecule has 0 spiro atoms. The number of hydrogen-bond acceptors (Lipinski definition) is 1. The maximum absolute atomic E-state index is 4.77. The maximum atomic E-state index is 4.77. The van der Waals surface area contributed by atoms with E-state index in [9.17, 15) is 0 Å². The summed E-state index contributed by atoms with van der Waals surface area (Å²) in [7, 11) is 0. The number of rotatable bonds is 6. The van der Waals surface area contributed by atoms with Crippen LogP contribution in [0, 0.1) is 27.7 Å². The van der Waals surface area contributed by atoms with Gasteiger partial charge < -0.3 is 10.6 Å². The van der Waals surface area contributed by atoms with Crippen LogP contribution in [0.2, 0.25) is 0 Å². The van der Waals surface area contributed by atoms with Gasteiger partial charge in [-0.3, -0.25) is 4.98 Å². The van der Waals surface area contributed by atoms with Crippen molar-refractivity contribution >= 4 is 35.8 Å². The van der Waals surface area contributed by atoms with Gasteiger partial charge in [-0.2, -0.15) is 0 Å². The molecule has 0 aliphatic rings. The molecule has 0 N–H and O–H groups in total. The molecule has 0 saturated heterocycles. The Morgan fingerprint density at radius 2 is 0.966 bits per heavy atom. The van der Waals surface area contributed by atoms with Gasteiger partial charge in [-0.05, 0) is 39.8 Å². The van der Waals surface area contributed by atoms with Crippen LogP contribution in [0.25, 0.3) is 10.6 Å². The summed E-state index contributed by atoms with van der Waals surface area (Å²) in [4.78, 5) is 4.73. The van der Waals surface area contributed by atoms with Gasteiger partial charge in [0.25, 0.3) is 0 Å². The predicted molar refractivity (Wildman–Crippen MR) is 127 cm³/mol. The summed E-state index contributed by atoms with van der Waals surface area (Å²) in [5.41, 5.74) is 8.89. The van der Waals surface area contributed by atoms with E-state index in [1.54, 1.807) is 0 Å². The molecule has 3 nitrogen and oxygen atoms in total. The summed E-state index contributed by atoms with van der Waals surface area (Å²) in [6.07, 6.45) is 0. The molecule has 0 atom stereocenters. The predicted octanol–water partition coefficient (Wildman–Crippen LogP) is 8.41. The molecule has 0 aliphatic heterocycles. The van der Waals surface area contributed by atoms with Crippen molar-refractivity contribution in [3.05, 3.63) is 98.9 Å². The summed E-state index contributed by atoms with van der Waals surface area (Å²) in [5.74, 6) is 0. The van der Waals surface area contributed by atoms with E-state index < -0.39 is 0 Å². The van der Waals surface area contributed by atoms with Crippen LogP contribution in [0.15, 0.2) is 54.6 Å². The number of hydrogen-bond donors (Lipinski definition) is 0. The number of para-hydroxylation sites is 2. The van der Waals surface area contributed by atoms with Gasteiger partial charge in [0.15, 0.2) is 0 Å². The molecule has 0 fully saturated rings. The van der Waals surface area contributed by atoms with E-state index in [0.717, 1.165) is 22.8 Å². The van der Waals surface area contributed by atoms with Crippen molar-refractivity contribution in [2.45, 2.75) is 40.8 Å². The van der Waals surface area contributed by atoms with Crippen molar-refractivity contribution in [2.24, 2.45) is 0 Å². The molecule has 0 unspecified atom stereocenters. The first kappa shape index (κ1) is 24.3. The number of aryl methyl sites for hydroxylation is 4. The van der Waals surface area contributed by atoms with E-state index >= 15 is 0 Å². The molecule has 3 rings (SSSR count). The first-order valence-corrected chi connectivity index (χ1v) is 20.6. The summed E-state index contributed by atoms with van der Waals surface area (Å²) in [5, 5.41) is 9.54. The molecule has 0 radical (unpaired) electrons. The minimum atomic E-state index is -0.145. The van der Waals surface area contributed by atoms with E-state index in [2.05, 4.69) is 88.5 Å². The van der Waals surface area contributed by atoms with E-state index in [-0.39, 0.29) is 18.5 Å². The summed E-state index contributed by atoms with van der Waals surface area (Å²) in [6, 6.07) is 18.6. The van der Waals surface area contributed by atoms with E-state index in [1.165, 1.54) is 22.3 Å². The van der Waals surface area contributed by atoms with Crippen molar-refractivity contribution in [1.29, 1.82) is 0 Å². The Balaban J connectivity index is 0.000000941. The summed E-state index contributed by atoms with van der Waals surface area (Å²) >= 11 is 6.32. The SMILES string of the molecule is Cc1cccc(C)c1[N-]Cc1cccc(C[N-]c2c(C)cccc2C)n1.[Br][Zr+2][Br]. The molecular formula is C23H25Br2N3Zr. The van der Waals surface area contributed by atoms with Crippen LogP contribution in [0.5, 0.6) is 0 Å². The number of halogens is 2. The molecule has 1 heterocycles. The molecule has 6 heteroatoms. The van der Waals surface area contributed by atoms with Gasteiger partial charge in [-0.1, -0.05) is 77.8 Å². The van der Waals surface area contributed by atoms with Crippen LogP contribution >= 0.6 is 24.4 Å². The third-order valence-electron chi connectivity index (χ3n) is 4.54. The molecular weight excluding hydrogens is 569 g/mol. The Morgan fingerprint density at radius 3 is 1.31 bits per heavy atom. The zero-order valence-electron chi connectivity index (χ0n) is 17.2. The van der Waals surface area contributed by atoms with E-state index in [4.69, 9.17) is 15.6 Å². The summed E-state index contributed by atoms with van der Waals surface area (Å²) in [6.45, 7) is 9.56. The Labute approximate surface area is 197 Å². The molecule has 1 aromatic heterocycles. The van der Waals surface area contributed by atoms with Gasteiger partial charge in [-0.25, -0.2) is 0 Å². The third kappa shape index (κ3) is 7.66. The molecule has 0 aliphatic carbocycles. The van der Waals surface area contributed by atoms with Gasteiger partial charge in [0, 0.05) is 11.4 Å². The second-order valence-electron chi connectivity index (χ2n) is 6.80. The standard InChI is InChI=1S/C23H25N3.2BrH.Zr/c1-16-8-5-9-17(2)22(16)24-14-20-12-7-13-21(26-20)15-25-23-18(3)10-6-11-19(23)4;;;/h5-13H,14-15H2,1-4H3;2*1H;/q-2;;;+4/p-2. The van der Waals surface area contributed by atoms with Gasteiger partial charge in [0.2, 0.25) is 0 Å². The van der Waals surface area contributed by atoms with Crippen molar-refractivity contribution in [2.75, 3.05) is 0 Å². The first-order valence-electron chi connectivity index (χ1n) is 9.34. The molecule has 29 heavy (non-hydrogen) atoms. The van der Waals surface area contributed by atoms with Gasteiger partial charge >= 0.3 is 43.0 Å². The van der Waals surface area contributed by atoms with Gasteiger partial charge in [-0.15, -0.1) is 11.4 Å². The molecule has 150 valence electrons. The van der Waals surface area contributed by atoms with Crippen LogP contribution in [0.4, 0.5) is 11.4 Å². The molecule has 2 aromatic carbocycles. The number of pyridine rings is 1. The van der Waals surface area contributed by atoms with Crippen LogP contribution in [0.1, 0.15) is 33.6 Å². The molecule has 0 bridgehead atoms. The second kappa shape index (κ2) is 12.7. The quantitative estimate of drug-likeness (QED) is 0.283. The van der Waals surface area contributed by atoms with Gasteiger partial charge in [0.05, 0.1) is 0 Å². The molecule has 3 aromatic rings. The topological polar surface area (TPSA) is 41.1 Å². The van der Waals surface area contributed by atoms with Crippen molar-refractivity contribution in [3.63, 3.8) is 0 Å². The summed E-state index contributed by atoms with van der Waals surface area (Å²) < 4.78 is 0. The average Bonchev–Trinajstić information content (AvgIpc) is 2.68. The van der Waals surface area contributed by atoms with Crippen LogP contribution in [0.3, 0.4) is 0 Å². The van der Waals surface area contributed by atoms with Crippen molar-refractivity contribution in [1.82, 2.24) is 4.98 Å². The van der Waals surface area contributed by atoms with Crippen molar-refractivity contribution in [3.8, 4) is 0 Å². The number of nitrogens with zero attached hydrogens (tertiary/aromatic N) is 3. The van der Waals surface area contributed by atoms with Crippen LogP contribution in [-0.4, -0.2) is 4.98 Å². The third-order valence-corrected chi connectivity index (χ3v) is 4.54. The van der Waals surface area contributed by atoms with Crippen LogP contribution in [-0.2, 0) is 31.6 Å². The fourth-order valence-electron chi connectivity index (χ4n) is 3.14. The Hall–Kier alpha value is -0.967. The Morgan fingerprint density at radius 1 is 0.655 bits per heavy atom. The molecule has 0 amide bonds. The van der Waals surface area contributed by atoms with Crippen LogP contribution < -0.4 is 0 Å². The normalized spacial score (nSPS) is 9.86. The minimum absolute atomic E-state index is 0.145. The number of aromatic nitrogens is 1. The fraction of sp³-hybridized carbons (Fsp3) is 0.261. The monoisotopic (exact) mass is 591 g/mol. The number of benzene rings is 2. The Bertz CT molecular complexity index is 820. The first-order chi connectivity index (χ1) is 14.0. The van der Waals surface area contributed by atoms with E-state index in [1.807, 2.05) is 18.2 Å². The van der Waals surface area contributed by atoms with E-state index in [0.29, 0.717) is 13.1 Å².